The standard InChI is InChI=1S/C13H20N2O6/c1-7(6-10(17)20-2)11(13(19)21-3)15-12(18)8-4-5-9(16)14-8/h7-8,11H,4-6H2,1-3H3,(H,14,16)(H,15,18)/t7-,8-,11+/m1/s1. The summed E-state index contributed by atoms with van der Waals surface area (Å²) in [5.74, 6) is -2.30. The van der Waals surface area contributed by atoms with E-state index in [2.05, 4.69) is 20.1 Å². The van der Waals surface area contributed by atoms with Crippen molar-refractivity contribution in [3.8, 4) is 0 Å². The van der Waals surface area contributed by atoms with Gasteiger partial charge in [-0.2, -0.15) is 0 Å². The van der Waals surface area contributed by atoms with E-state index in [0.29, 0.717) is 6.42 Å². The summed E-state index contributed by atoms with van der Waals surface area (Å²) < 4.78 is 9.18. The predicted octanol–water partition coefficient (Wildman–Crippen LogP) is -0.878. The molecular weight excluding hydrogens is 280 g/mol. The molecule has 1 aliphatic rings. The van der Waals surface area contributed by atoms with E-state index in [-0.39, 0.29) is 18.7 Å². The fourth-order valence-corrected chi connectivity index (χ4v) is 2.09. The molecule has 8 heteroatoms. The first-order valence-electron chi connectivity index (χ1n) is 6.63. The summed E-state index contributed by atoms with van der Waals surface area (Å²) in [7, 11) is 2.44. The zero-order valence-electron chi connectivity index (χ0n) is 12.3. The highest BCUT2D eigenvalue weighted by atomic mass is 16.5. The van der Waals surface area contributed by atoms with E-state index < -0.39 is 35.8 Å². The third-order valence-corrected chi connectivity index (χ3v) is 3.35. The van der Waals surface area contributed by atoms with Crippen molar-refractivity contribution in [2.45, 2.75) is 38.3 Å². The molecule has 0 radical (unpaired) electrons. The normalized spacial score (nSPS) is 20.1. The topological polar surface area (TPSA) is 111 Å². The van der Waals surface area contributed by atoms with E-state index in [1.54, 1.807) is 6.92 Å². The molecule has 1 rings (SSSR count). The molecule has 1 aliphatic heterocycles. The van der Waals surface area contributed by atoms with Crippen LogP contribution in [-0.2, 0) is 28.7 Å². The Morgan fingerprint density at radius 1 is 1.33 bits per heavy atom. The molecule has 0 saturated carbocycles. The first kappa shape index (κ1) is 16.9. The van der Waals surface area contributed by atoms with Crippen LogP contribution in [0.1, 0.15) is 26.2 Å². The average Bonchev–Trinajstić information content (AvgIpc) is 2.89. The lowest BCUT2D eigenvalue weighted by Crippen LogP contribution is -2.51. The second-order valence-electron chi connectivity index (χ2n) is 4.93. The van der Waals surface area contributed by atoms with Gasteiger partial charge in [0.15, 0.2) is 0 Å². The first-order valence-corrected chi connectivity index (χ1v) is 6.63. The van der Waals surface area contributed by atoms with Gasteiger partial charge in [-0.3, -0.25) is 14.4 Å². The Morgan fingerprint density at radius 2 is 2.00 bits per heavy atom. The molecule has 1 heterocycles. The summed E-state index contributed by atoms with van der Waals surface area (Å²) in [5, 5.41) is 5.04. The Morgan fingerprint density at radius 3 is 2.48 bits per heavy atom. The minimum absolute atomic E-state index is 0.0342. The van der Waals surface area contributed by atoms with Crippen molar-refractivity contribution >= 4 is 23.8 Å². The van der Waals surface area contributed by atoms with Gasteiger partial charge >= 0.3 is 11.9 Å². The summed E-state index contributed by atoms with van der Waals surface area (Å²) in [6, 6.07) is -1.63. The first-order chi connectivity index (χ1) is 9.88. The van der Waals surface area contributed by atoms with Crippen LogP contribution in [0.25, 0.3) is 0 Å². The van der Waals surface area contributed by atoms with E-state index in [1.807, 2.05) is 0 Å². The maximum atomic E-state index is 12.0. The van der Waals surface area contributed by atoms with E-state index in [0.717, 1.165) is 0 Å². The zero-order chi connectivity index (χ0) is 16.0. The number of hydrogen-bond acceptors (Lipinski definition) is 6. The zero-order valence-corrected chi connectivity index (χ0v) is 12.3. The number of carbonyl (C=O) groups is 4. The molecule has 0 aromatic carbocycles. The molecule has 1 saturated heterocycles. The molecule has 1 fully saturated rings. The van der Waals surface area contributed by atoms with Gasteiger partial charge in [-0.05, 0) is 12.3 Å². The van der Waals surface area contributed by atoms with Crippen molar-refractivity contribution in [3.05, 3.63) is 0 Å². The third kappa shape index (κ3) is 4.73. The molecule has 21 heavy (non-hydrogen) atoms. The van der Waals surface area contributed by atoms with Gasteiger partial charge in [0, 0.05) is 6.42 Å². The molecule has 0 spiro atoms. The highest BCUT2D eigenvalue weighted by Gasteiger charge is 2.34. The predicted molar refractivity (Wildman–Crippen MR) is 70.9 cm³/mol. The van der Waals surface area contributed by atoms with Crippen LogP contribution in [0.3, 0.4) is 0 Å². The Kier molecular flexibility index (Phi) is 6.13. The second-order valence-corrected chi connectivity index (χ2v) is 4.93. The number of hydrogen-bond donors (Lipinski definition) is 2. The molecule has 0 aliphatic carbocycles. The van der Waals surface area contributed by atoms with Crippen LogP contribution in [0, 0.1) is 5.92 Å². The number of nitrogens with one attached hydrogen (secondary N) is 2. The molecule has 3 atom stereocenters. The van der Waals surface area contributed by atoms with Crippen LogP contribution >= 0.6 is 0 Å². The fraction of sp³-hybridized carbons (Fsp3) is 0.692. The van der Waals surface area contributed by atoms with Gasteiger partial charge in [-0.1, -0.05) is 6.92 Å². The van der Waals surface area contributed by atoms with Crippen molar-refractivity contribution in [3.63, 3.8) is 0 Å². The number of methoxy groups -OCH3 is 2. The van der Waals surface area contributed by atoms with Crippen molar-refractivity contribution in [2.24, 2.45) is 5.92 Å². The maximum Gasteiger partial charge on any atom is 0.328 e. The van der Waals surface area contributed by atoms with Crippen molar-refractivity contribution in [1.29, 1.82) is 0 Å². The molecule has 0 aromatic heterocycles. The smallest absolute Gasteiger partial charge is 0.328 e. The highest BCUT2D eigenvalue weighted by Crippen LogP contribution is 2.13. The minimum atomic E-state index is -0.973. The van der Waals surface area contributed by atoms with Gasteiger partial charge in [0.05, 0.1) is 20.6 Å². The van der Waals surface area contributed by atoms with Crippen molar-refractivity contribution in [2.75, 3.05) is 14.2 Å². The van der Waals surface area contributed by atoms with Crippen molar-refractivity contribution in [1.82, 2.24) is 10.6 Å². The molecule has 8 nitrogen and oxygen atoms in total. The lowest BCUT2D eigenvalue weighted by molar-refractivity contribution is -0.148. The van der Waals surface area contributed by atoms with Gasteiger partial charge in [0.1, 0.15) is 12.1 Å². The summed E-state index contributed by atoms with van der Waals surface area (Å²) in [4.78, 5) is 46.2. The van der Waals surface area contributed by atoms with Gasteiger partial charge in [-0.15, -0.1) is 0 Å². The Hall–Kier alpha value is -2.12. The number of amides is 2. The Labute approximate surface area is 122 Å². The Balaban J connectivity index is 2.69. The van der Waals surface area contributed by atoms with Crippen LogP contribution in [-0.4, -0.2) is 50.1 Å². The minimum Gasteiger partial charge on any atom is -0.469 e. The molecule has 0 unspecified atom stereocenters. The molecule has 2 amide bonds. The van der Waals surface area contributed by atoms with Crippen LogP contribution in [0.2, 0.25) is 0 Å². The second kappa shape index (κ2) is 7.61. The maximum absolute atomic E-state index is 12.0. The summed E-state index contributed by atoms with van der Waals surface area (Å²) in [5.41, 5.74) is 0. The summed E-state index contributed by atoms with van der Waals surface area (Å²) in [6.45, 7) is 1.63. The van der Waals surface area contributed by atoms with Crippen LogP contribution in [0.4, 0.5) is 0 Å². The number of esters is 2. The van der Waals surface area contributed by atoms with Gasteiger partial charge in [0.2, 0.25) is 11.8 Å². The summed E-state index contributed by atoms with van der Waals surface area (Å²) in [6.07, 6.45) is 0.621. The number of carbonyl (C=O) groups excluding carboxylic acids is 4. The molecular formula is C13H20N2O6. The molecule has 118 valence electrons. The molecule has 0 bridgehead atoms. The van der Waals surface area contributed by atoms with Gasteiger partial charge < -0.3 is 20.1 Å². The SMILES string of the molecule is COC(=O)C[C@@H](C)[C@H](NC(=O)[C@H]1CCC(=O)N1)C(=O)OC. The largest absolute Gasteiger partial charge is 0.469 e. The summed E-state index contributed by atoms with van der Waals surface area (Å²) >= 11 is 0. The fourth-order valence-electron chi connectivity index (χ4n) is 2.09. The molecule has 2 N–H and O–H groups in total. The average molecular weight is 300 g/mol. The number of ether oxygens (including phenoxy) is 2. The van der Waals surface area contributed by atoms with Crippen molar-refractivity contribution < 1.29 is 28.7 Å². The lowest BCUT2D eigenvalue weighted by Gasteiger charge is -2.23. The van der Waals surface area contributed by atoms with Gasteiger partial charge in [0.25, 0.3) is 0 Å². The highest BCUT2D eigenvalue weighted by molar-refractivity contribution is 5.93. The van der Waals surface area contributed by atoms with E-state index in [9.17, 15) is 19.2 Å². The van der Waals surface area contributed by atoms with E-state index in [4.69, 9.17) is 0 Å². The van der Waals surface area contributed by atoms with E-state index >= 15 is 0 Å². The van der Waals surface area contributed by atoms with Crippen LogP contribution < -0.4 is 10.6 Å². The monoisotopic (exact) mass is 300 g/mol. The van der Waals surface area contributed by atoms with Crippen LogP contribution in [0.15, 0.2) is 0 Å². The van der Waals surface area contributed by atoms with E-state index in [1.165, 1.54) is 14.2 Å². The lowest BCUT2D eigenvalue weighted by atomic mass is 9.97. The quantitative estimate of drug-likeness (QED) is 0.616. The Bertz CT molecular complexity index is 436. The third-order valence-electron chi connectivity index (χ3n) is 3.35. The van der Waals surface area contributed by atoms with Gasteiger partial charge in [-0.25, -0.2) is 4.79 Å². The molecule has 0 aromatic rings. The number of rotatable bonds is 6. The van der Waals surface area contributed by atoms with Crippen LogP contribution in [0.5, 0.6) is 0 Å².